The Labute approximate surface area is 224 Å². The van der Waals surface area contributed by atoms with Crippen LogP contribution in [0.25, 0.3) is 11.3 Å². The van der Waals surface area contributed by atoms with Crippen molar-refractivity contribution in [2.24, 2.45) is 0 Å². The van der Waals surface area contributed by atoms with Gasteiger partial charge in [-0.15, -0.1) is 0 Å². The van der Waals surface area contributed by atoms with E-state index in [0.717, 1.165) is 62.6 Å². The zero-order valence-electron chi connectivity index (χ0n) is 21.2. The minimum atomic E-state index is -0.136. The molecular weight excluding hydrogens is 500 g/mol. The number of para-hydroxylation sites is 1. The molecule has 2 aromatic heterocycles. The summed E-state index contributed by atoms with van der Waals surface area (Å²) in [7, 11) is 3.84. The monoisotopic (exact) mass is 528 g/mol. The maximum atomic E-state index is 12.6. The van der Waals surface area contributed by atoms with Gasteiger partial charge in [-0.2, -0.15) is 0 Å². The van der Waals surface area contributed by atoms with Gasteiger partial charge in [0.15, 0.2) is 5.75 Å². The van der Waals surface area contributed by atoms with Crippen LogP contribution in [0.4, 0.5) is 17.3 Å². The fourth-order valence-electron chi connectivity index (χ4n) is 4.48. The van der Waals surface area contributed by atoms with E-state index in [1.54, 1.807) is 17.8 Å². The van der Waals surface area contributed by atoms with Crippen LogP contribution in [-0.2, 0) is 11.3 Å². The van der Waals surface area contributed by atoms with Gasteiger partial charge in [-0.1, -0.05) is 17.8 Å². The minimum Gasteiger partial charge on any atom is -0.454 e. The molecule has 9 nitrogen and oxygen atoms in total. The quantitative estimate of drug-likeness (QED) is 0.328. The minimum absolute atomic E-state index is 0.136. The van der Waals surface area contributed by atoms with E-state index in [-0.39, 0.29) is 5.56 Å². The van der Waals surface area contributed by atoms with Gasteiger partial charge in [0.05, 0.1) is 28.7 Å². The van der Waals surface area contributed by atoms with Crippen LogP contribution in [0, 0.1) is 0 Å². The molecule has 0 radical (unpaired) electrons. The van der Waals surface area contributed by atoms with Gasteiger partial charge in [-0.25, -0.2) is 9.97 Å². The summed E-state index contributed by atoms with van der Waals surface area (Å²) < 4.78 is 11.9. The molecule has 0 amide bonds. The van der Waals surface area contributed by atoms with Crippen molar-refractivity contribution in [3.8, 4) is 22.8 Å². The van der Waals surface area contributed by atoms with Gasteiger partial charge in [0.2, 0.25) is 11.5 Å². The zero-order valence-corrected chi connectivity index (χ0v) is 22.0. The van der Waals surface area contributed by atoms with Crippen LogP contribution in [0.3, 0.4) is 0 Å². The summed E-state index contributed by atoms with van der Waals surface area (Å²) in [5.74, 6) is 2.22. The predicted molar refractivity (Wildman–Crippen MR) is 150 cm³/mol. The molecule has 0 atom stereocenters. The van der Waals surface area contributed by atoms with Crippen LogP contribution in [0.1, 0.15) is 5.56 Å². The zero-order chi connectivity index (χ0) is 26.1. The summed E-state index contributed by atoms with van der Waals surface area (Å²) in [5.41, 5.74) is 4.34. The third-order valence-electron chi connectivity index (χ3n) is 6.44. The first-order valence-electron chi connectivity index (χ1n) is 12.5. The molecule has 0 aliphatic carbocycles. The molecule has 2 N–H and O–H groups in total. The van der Waals surface area contributed by atoms with Gasteiger partial charge < -0.3 is 29.6 Å². The van der Waals surface area contributed by atoms with E-state index in [1.165, 1.54) is 0 Å². The highest BCUT2D eigenvalue weighted by Crippen LogP contribution is 2.51. The third-order valence-corrected chi connectivity index (χ3v) is 7.52. The molecule has 2 aliphatic rings. The van der Waals surface area contributed by atoms with Gasteiger partial charge in [-0.3, -0.25) is 4.79 Å². The number of morpholine rings is 1. The van der Waals surface area contributed by atoms with Crippen molar-refractivity contribution < 1.29 is 9.47 Å². The standard InChI is InChI=1S/C28H28N6O3S/c1-33(2)28-30-16-18(17-31-28)15-29-19-6-7-23-25(12-19)38-24-5-3-4-21(27(24)37-23)22-13-20(14-26(35)32-22)34-8-10-36-11-9-34/h3-7,12-14,16-17,29H,8-11,15H2,1-2H3,(H,32,35). The summed E-state index contributed by atoms with van der Waals surface area (Å²) >= 11 is 1.65. The van der Waals surface area contributed by atoms with E-state index in [9.17, 15) is 4.79 Å². The summed E-state index contributed by atoms with van der Waals surface area (Å²) in [4.78, 5) is 30.4. The number of hydrogen-bond acceptors (Lipinski definition) is 9. The summed E-state index contributed by atoms with van der Waals surface area (Å²) in [6.07, 6.45) is 3.67. The second kappa shape index (κ2) is 10.4. The van der Waals surface area contributed by atoms with Gasteiger partial charge in [-0.05, 0) is 36.4 Å². The number of H-pyrrole nitrogens is 1. The lowest BCUT2D eigenvalue weighted by molar-refractivity contribution is 0.122. The van der Waals surface area contributed by atoms with Crippen LogP contribution in [0.2, 0.25) is 0 Å². The maximum absolute atomic E-state index is 12.6. The number of rotatable bonds is 6. The van der Waals surface area contributed by atoms with Crippen molar-refractivity contribution in [3.05, 3.63) is 76.8 Å². The van der Waals surface area contributed by atoms with Crippen molar-refractivity contribution in [2.45, 2.75) is 16.3 Å². The SMILES string of the molecule is CN(C)c1ncc(CNc2ccc3c(c2)Sc2cccc(-c4cc(N5CCOCC5)cc(=O)[nH]4)c2O3)cn1. The molecule has 0 spiro atoms. The molecule has 38 heavy (non-hydrogen) atoms. The number of aromatic amines is 1. The number of ether oxygens (including phenoxy) is 2. The number of pyridine rings is 1. The Morgan fingerprint density at radius 1 is 1.05 bits per heavy atom. The van der Waals surface area contributed by atoms with E-state index >= 15 is 0 Å². The highest BCUT2D eigenvalue weighted by Gasteiger charge is 2.23. The van der Waals surface area contributed by atoms with Crippen molar-refractivity contribution in [1.82, 2.24) is 15.0 Å². The molecule has 1 fully saturated rings. The van der Waals surface area contributed by atoms with Gasteiger partial charge >= 0.3 is 0 Å². The van der Waals surface area contributed by atoms with E-state index in [4.69, 9.17) is 9.47 Å². The fraction of sp³-hybridized carbons (Fsp3) is 0.250. The first-order chi connectivity index (χ1) is 18.5. The summed E-state index contributed by atoms with van der Waals surface area (Å²) in [6, 6.07) is 15.8. The molecule has 2 aliphatic heterocycles. The molecule has 0 saturated carbocycles. The third kappa shape index (κ3) is 5.05. The van der Waals surface area contributed by atoms with Crippen molar-refractivity contribution in [2.75, 3.05) is 55.5 Å². The van der Waals surface area contributed by atoms with Crippen molar-refractivity contribution in [1.29, 1.82) is 0 Å². The van der Waals surface area contributed by atoms with Crippen LogP contribution < -0.4 is 25.4 Å². The molecule has 4 aromatic rings. The number of fused-ring (bicyclic) bond motifs is 2. The molecule has 10 heteroatoms. The predicted octanol–water partition coefficient (Wildman–Crippen LogP) is 4.60. The van der Waals surface area contributed by atoms with E-state index in [1.807, 2.05) is 67.8 Å². The molecule has 1 saturated heterocycles. The number of hydrogen-bond donors (Lipinski definition) is 2. The molecule has 4 heterocycles. The Kier molecular flexibility index (Phi) is 6.65. The Morgan fingerprint density at radius 3 is 2.66 bits per heavy atom. The van der Waals surface area contributed by atoms with E-state index in [0.29, 0.717) is 25.7 Å². The Morgan fingerprint density at radius 2 is 1.87 bits per heavy atom. The normalized spacial score (nSPS) is 14.3. The van der Waals surface area contributed by atoms with Crippen LogP contribution in [-0.4, -0.2) is 55.4 Å². The van der Waals surface area contributed by atoms with Gasteiger partial charge in [0.25, 0.3) is 0 Å². The number of anilines is 3. The maximum Gasteiger partial charge on any atom is 0.250 e. The summed E-state index contributed by atoms with van der Waals surface area (Å²) in [6.45, 7) is 3.46. The lowest BCUT2D eigenvalue weighted by Crippen LogP contribution is -2.36. The number of nitrogens with zero attached hydrogens (tertiary/aromatic N) is 4. The number of nitrogens with one attached hydrogen (secondary N) is 2. The average molecular weight is 529 g/mol. The van der Waals surface area contributed by atoms with Crippen LogP contribution >= 0.6 is 11.8 Å². The molecule has 0 unspecified atom stereocenters. The molecule has 194 valence electrons. The first-order valence-corrected chi connectivity index (χ1v) is 13.3. The molecule has 0 bridgehead atoms. The second-order valence-electron chi connectivity index (χ2n) is 9.35. The number of aromatic nitrogens is 3. The van der Waals surface area contributed by atoms with Crippen LogP contribution in [0.15, 0.2) is 75.5 Å². The summed E-state index contributed by atoms with van der Waals surface area (Å²) in [5, 5.41) is 3.45. The van der Waals surface area contributed by atoms with Crippen molar-refractivity contribution >= 4 is 29.1 Å². The lowest BCUT2D eigenvalue weighted by atomic mass is 10.1. The van der Waals surface area contributed by atoms with Crippen LogP contribution in [0.5, 0.6) is 11.5 Å². The molecule has 2 aromatic carbocycles. The lowest BCUT2D eigenvalue weighted by Gasteiger charge is -2.29. The topological polar surface area (TPSA) is 95.6 Å². The Hall–Kier alpha value is -4.02. The molecule has 6 rings (SSSR count). The average Bonchev–Trinajstić information content (AvgIpc) is 2.95. The van der Waals surface area contributed by atoms with Gasteiger partial charge in [0.1, 0.15) is 5.75 Å². The Bertz CT molecular complexity index is 1520. The second-order valence-corrected chi connectivity index (χ2v) is 10.4. The number of benzene rings is 2. The highest BCUT2D eigenvalue weighted by molar-refractivity contribution is 7.99. The first kappa shape index (κ1) is 24.3. The van der Waals surface area contributed by atoms with E-state index < -0.39 is 0 Å². The molecular formula is C28H28N6O3S. The smallest absolute Gasteiger partial charge is 0.250 e. The van der Waals surface area contributed by atoms with Gasteiger partial charge in [0, 0.05) is 74.7 Å². The van der Waals surface area contributed by atoms with E-state index in [2.05, 4.69) is 31.2 Å². The largest absolute Gasteiger partial charge is 0.454 e. The highest BCUT2D eigenvalue weighted by atomic mass is 32.2. The fourth-order valence-corrected chi connectivity index (χ4v) is 5.50. The van der Waals surface area contributed by atoms with Crippen molar-refractivity contribution in [3.63, 3.8) is 0 Å². The Balaban J connectivity index is 1.22.